The van der Waals surface area contributed by atoms with Crippen LogP contribution < -0.4 is 5.32 Å². The van der Waals surface area contributed by atoms with Crippen molar-refractivity contribution in [2.75, 3.05) is 0 Å². The second kappa shape index (κ2) is 4.01. The molecule has 0 amide bonds. The Kier molecular flexibility index (Phi) is 2.55. The van der Waals surface area contributed by atoms with Gasteiger partial charge >= 0.3 is 0 Å². The minimum absolute atomic E-state index is 0.569. The molecule has 2 aromatic heterocycles. The van der Waals surface area contributed by atoms with Crippen LogP contribution in [0.4, 0.5) is 0 Å². The van der Waals surface area contributed by atoms with E-state index in [0.29, 0.717) is 24.8 Å². The molecule has 0 aliphatic heterocycles. The topological polar surface area (TPSA) is 79.6 Å². The summed E-state index contributed by atoms with van der Waals surface area (Å²) in [6, 6.07) is 1.91. The summed E-state index contributed by atoms with van der Waals surface area (Å²) in [4.78, 5) is 4.06. The second-order valence-corrected chi connectivity index (χ2v) is 2.92. The number of hydrogen-bond donors (Lipinski definition) is 2. The Labute approximate surface area is 80.7 Å². The van der Waals surface area contributed by atoms with Gasteiger partial charge in [0.2, 0.25) is 5.89 Å². The number of hydrogen-bond acceptors (Lipinski definition) is 5. The van der Waals surface area contributed by atoms with E-state index in [4.69, 9.17) is 4.52 Å². The lowest BCUT2D eigenvalue weighted by Gasteiger charge is -1.97. The summed E-state index contributed by atoms with van der Waals surface area (Å²) in [6.07, 6.45) is 1.72. The van der Waals surface area contributed by atoms with Crippen LogP contribution in [-0.4, -0.2) is 20.3 Å². The molecule has 74 valence electrons. The fraction of sp³-hybridized carbons (Fsp3) is 0.375. The number of nitrogens with one attached hydrogen (secondary N) is 2. The molecule has 0 fully saturated rings. The molecule has 2 rings (SSSR count). The number of rotatable bonds is 4. The Morgan fingerprint density at radius 3 is 3.07 bits per heavy atom. The van der Waals surface area contributed by atoms with Crippen LogP contribution in [0.15, 0.2) is 16.8 Å². The fourth-order valence-electron chi connectivity index (χ4n) is 1.10. The first kappa shape index (κ1) is 8.89. The van der Waals surface area contributed by atoms with Gasteiger partial charge in [0.1, 0.15) is 0 Å². The number of H-pyrrole nitrogens is 1. The molecule has 6 heteroatoms. The second-order valence-electron chi connectivity index (χ2n) is 2.92. The van der Waals surface area contributed by atoms with E-state index >= 15 is 0 Å². The Morgan fingerprint density at radius 2 is 2.43 bits per heavy atom. The van der Waals surface area contributed by atoms with E-state index in [1.165, 1.54) is 0 Å². The number of aryl methyl sites for hydroxylation is 1. The Balaban J connectivity index is 1.78. The van der Waals surface area contributed by atoms with Crippen molar-refractivity contribution in [3.8, 4) is 0 Å². The van der Waals surface area contributed by atoms with Gasteiger partial charge in [0, 0.05) is 18.4 Å². The van der Waals surface area contributed by atoms with Crippen LogP contribution in [0, 0.1) is 6.92 Å². The highest BCUT2D eigenvalue weighted by Crippen LogP contribution is 1.96. The highest BCUT2D eigenvalue weighted by Gasteiger charge is 2.01. The van der Waals surface area contributed by atoms with Gasteiger partial charge in [-0.15, -0.1) is 0 Å². The predicted octanol–water partition coefficient (Wildman–Crippen LogP) is 0.391. The summed E-state index contributed by atoms with van der Waals surface area (Å²) in [5, 5.41) is 13.5. The quantitative estimate of drug-likeness (QED) is 0.734. The van der Waals surface area contributed by atoms with Crippen LogP contribution in [0.1, 0.15) is 17.4 Å². The van der Waals surface area contributed by atoms with Gasteiger partial charge in [-0.25, -0.2) is 0 Å². The maximum atomic E-state index is 4.93. The molecule has 0 bridgehead atoms. The number of nitrogens with zero attached hydrogens (tertiary/aromatic N) is 3. The van der Waals surface area contributed by atoms with E-state index in [1.807, 2.05) is 6.07 Å². The Hall–Kier alpha value is -1.69. The zero-order valence-electron chi connectivity index (χ0n) is 7.82. The van der Waals surface area contributed by atoms with Gasteiger partial charge in [0.05, 0.1) is 6.54 Å². The third kappa shape index (κ3) is 2.17. The lowest BCUT2D eigenvalue weighted by Crippen LogP contribution is -2.13. The minimum atomic E-state index is 0.569. The van der Waals surface area contributed by atoms with Crippen LogP contribution in [0.3, 0.4) is 0 Å². The lowest BCUT2D eigenvalue weighted by molar-refractivity contribution is 0.363. The lowest BCUT2D eigenvalue weighted by atomic mass is 10.4. The van der Waals surface area contributed by atoms with Crippen LogP contribution in [0.2, 0.25) is 0 Å². The number of aromatic nitrogens is 4. The van der Waals surface area contributed by atoms with E-state index in [1.54, 1.807) is 13.1 Å². The smallest absolute Gasteiger partial charge is 0.240 e. The summed E-state index contributed by atoms with van der Waals surface area (Å²) in [5.41, 5.74) is 1.03. The highest BCUT2D eigenvalue weighted by atomic mass is 16.5. The molecule has 2 heterocycles. The molecule has 6 nitrogen and oxygen atoms in total. The molecule has 0 aliphatic carbocycles. The Morgan fingerprint density at radius 1 is 1.50 bits per heavy atom. The normalized spacial score (nSPS) is 10.6. The summed E-state index contributed by atoms with van der Waals surface area (Å²) in [7, 11) is 0. The molecule has 0 spiro atoms. The van der Waals surface area contributed by atoms with Gasteiger partial charge in [0.15, 0.2) is 5.82 Å². The molecule has 2 N–H and O–H groups in total. The summed E-state index contributed by atoms with van der Waals surface area (Å²) < 4.78 is 4.93. The van der Waals surface area contributed by atoms with E-state index in [-0.39, 0.29) is 0 Å². The molecular formula is C8H11N5O. The van der Waals surface area contributed by atoms with Gasteiger partial charge in [-0.2, -0.15) is 10.1 Å². The zero-order chi connectivity index (χ0) is 9.80. The summed E-state index contributed by atoms with van der Waals surface area (Å²) >= 11 is 0. The standard InChI is InChI=1S/C8H11N5O/c1-6-11-8(14-13-6)5-9-4-7-2-3-10-12-7/h2-3,9H,4-5H2,1H3,(H,10,12). The zero-order valence-corrected chi connectivity index (χ0v) is 7.82. The van der Waals surface area contributed by atoms with Gasteiger partial charge < -0.3 is 9.84 Å². The van der Waals surface area contributed by atoms with E-state index in [0.717, 1.165) is 5.69 Å². The van der Waals surface area contributed by atoms with Crippen LogP contribution in [0.25, 0.3) is 0 Å². The predicted molar refractivity (Wildman–Crippen MR) is 48.2 cm³/mol. The highest BCUT2D eigenvalue weighted by molar-refractivity contribution is 4.96. The van der Waals surface area contributed by atoms with E-state index in [2.05, 4.69) is 25.7 Å². The molecule has 2 aromatic rings. The van der Waals surface area contributed by atoms with Crippen molar-refractivity contribution in [3.05, 3.63) is 29.7 Å². The monoisotopic (exact) mass is 193 g/mol. The molecule has 0 aliphatic rings. The first-order valence-corrected chi connectivity index (χ1v) is 4.33. The molecule has 0 unspecified atom stereocenters. The van der Waals surface area contributed by atoms with Gasteiger partial charge in [-0.1, -0.05) is 5.16 Å². The van der Waals surface area contributed by atoms with Crippen LogP contribution >= 0.6 is 0 Å². The third-order valence-electron chi connectivity index (χ3n) is 1.72. The van der Waals surface area contributed by atoms with Crippen molar-refractivity contribution in [3.63, 3.8) is 0 Å². The van der Waals surface area contributed by atoms with Crippen molar-refractivity contribution in [1.82, 2.24) is 25.7 Å². The van der Waals surface area contributed by atoms with E-state index < -0.39 is 0 Å². The SMILES string of the molecule is Cc1noc(CNCc2ccn[nH]2)n1. The van der Waals surface area contributed by atoms with E-state index in [9.17, 15) is 0 Å². The van der Waals surface area contributed by atoms with Gasteiger partial charge in [0.25, 0.3) is 0 Å². The summed E-state index contributed by atoms with van der Waals surface area (Å²) in [5.74, 6) is 1.25. The minimum Gasteiger partial charge on any atom is -0.338 e. The molecule has 0 saturated carbocycles. The Bertz CT molecular complexity index is 380. The third-order valence-corrected chi connectivity index (χ3v) is 1.72. The van der Waals surface area contributed by atoms with Crippen LogP contribution in [0.5, 0.6) is 0 Å². The molecular weight excluding hydrogens is 182 g/mol. The molecule has 0 atom stereocenters. The maximum absolute atomic E-state index is 4.93. The molecule has 14 heavy (non-hydrogen) atoms. The van der Waals surface area contributed by atoms with Crippen molar-refractivity contribution < 1.29 is 4.52 Å². The summed E-state index contributed by atoms with van der Waals surface area (Å²) in [6.45, 7) is 3.07. The maximum Gasteiger partial charge on any atom is 0.240 e. The molecule has 0 saturated heterocycles. The van der Waals surface area contributed by atoms with Crippen molar-refractivity contribution >= 4 is 0 Å². The first-order chi connectivity index (χ1) is 6.84. The fourth-order valence-corrected chi connectivity index (χ4v) is 1.10. The number of aromatic amines is 1. The van der Waals surface area contributed by atoms with Crippen molar-refractivity contribution in [2.45, 2.75) is 20.0 Å². The average Bonchev–Trinajstić information content (AvgIpc) is 2.77. The largest absolute Gasteiger partial charge is 0.338 e. The molecule has 0 aromatic carbocycles. The van der Waals surface area contributed by atoms with Crippen molar-refractivity contribution in [2.24, 2.45) is 0 Å². The van der Waals surface area contributed by atoms with Crippen LogP contribution in [-0.2, 0) is 13.1 Å². The average molecular weight is 193 g/mol. The van der Waals surface area contributed by atoms with Gasteiger partial charge in [-0.3, -0.25) is 5.10 Å². The first-order valence-electron chi connectivity index (χ1n) is 4.33. The van der Waals surface area contributed by atoms with Gasteiger partial charge in [-0.05, 0) is 13.0 Å². The van der Waals surface area contributed by atoms with Crippen molar-refractivity contribution in [1.29, 1.82) is 0 Å². The molecule has 0 radical (unpaired) electrons.